The lowest BCUT2D eigenvalue weighted by atomic mass is 10.0. The summed E-state index contributed by atoms with van der Waals surface area (Å²) in [4.78, 5) is 45.7. The summed E-state index contributed by atoms with van der Waals surface area (Å²) in [5, 5.41) is 17.3. The second-order valence-electron chi connectivity index (χ2n) is 8.48. The molecule has 0 fully saturated rings. The summed E-state index contributed by atoms with van der Waals surface area (Å²) in [5.74, 6) is 0.380. The van der Waals surface area contributed by atoms with Gasteiger partial charge in [0.05, 0.1) is 18.0 Å². The molecule has 0 saturated carbocycles. The average molecular weight is 518 g/mol. The van der Waals surface area contributed by atoms with E-state index in [1.165, 1.54) is 12.1 Å². The fourth-order valence-electron chi connectivity index (χ4n) is 3.97. The first kappa shape index (κ1) is 26.1. The molecule has 4 rings (SSSR count). The minimum absolute atomic E-state index is 0.126. The van der Waals surface area contributed by atoms with Crippen molar-refractivity contribution in [1.29, 1.82) is 0 Å². The Balaban J connectivity index is 1.57. The second-order valence-corrected chi connectivity index (χ2v) is 8.48. The number of nitrogens with zero attached hydrogens (tertiary/aromatic N) is 2. The first-order valence-corrected chi connectivity index (χ1v) is 11.9. The van der Waals surface area contributed by atoms with Crippen LogP contribution in [0.25, 0.3) is 10.9 Å². The number of aryl methyl sites for hydroxylation is 1. The lowest BCUT2D eigenvalue weighted by molar-refractivity contribution is -0.121. The number of hydrogen-bond acceptors (Lipinski definition) is 8. The highest BCUT2D eigenvalue weighted by Gasteiger charge is 2.22. The molecule has 1 atom stereocenters. The number of carbonyl (C=O) groups excluding carboxylic acids is 1. The maximum absolute atomic E-state index is 13.2. The van der Waals surface area contributed by atoms with Gasteiger partial charge in [-0.15, -0.1) is 0 Å². The minimum Gasteiger partial charge on any atom is -0.497 e. The molecule has 0 aliphatic heterocycles. The summed E-state index contributed by atoms with van der Waals surface area (Å²) in [6, 6.07) is 15.0. The average Bonchev–Trinajstić information content (AvgIpc) is 2.90. The van der Waals surface area contributed by atoms with E-state index >= 15 is 0 Å². The number of hydrogen-bond donors (Lipinski definition) is 4. The van der Waals surface area contributed by atoms with Crippen LogP contribution in [0.2, 0.25) is 0 Å². The van der Waals surface area contributed by atoms with Crippen molar-refractivity contribution in [1.82, 2.24) is 15.3 Å². The van der Waals surface area contributed by atoms with Crippen LogP contribution in [0.5, 0.6) is 5.75 Å². The van der Waals surface area contributed by atoms with Gasteiger partial charge in [-0.1, -0.05) is 18.2 Å². The number of fused-ring (bicyclic) bond motifs is 1. The third-order valence-corrected chi connectivity index (χ3v) is 5.92. The summed E-state index contributed by atoms with van der Waals surface area (Å²) in [5.41, 5.74) is 1.94. The number of carbonyl (C=O) groups is 2. The molecule has 0 bridgehead atoms. The van der Waals surface area contributed by atoms with Crippen molar-refractivity contribution in [3.8, 4) is 5.75 Å². The van der Waals surface area contributed by atoms with Gasteiger partial charge in [0.25, 0.3) is 6.01 Å². The summed E-state index contributed by atoms with van der Waals surface area (Å²) >= 11 is 0. The predicted molar refractivity (Wildman–Crippen MR) is 142 cm³/mol. The lowest BCUT2D eigenvalue weighted by Gasteiger charge is -2.19. The minimum atomic E-state index is -1.25. The smallest absolute Gasteiger partial charge is 0.409 e. The molecule has 0 aliphatic rings. The topological polar surface area (TPSA) is 156 Å². The summed E-state index contributed by atoms with van der Waals surface area (Å²) in [6.45, 7) is 1.96. The molecule has 2 aromatic carbocycles. The van der Waals surface area contributed by atoms with Crippen LogP contribution >= 0.6 is 0 Å². The molecule has 11 nitrogen and oxygen atoms in total. The van der Waals surface area contributed by atoms with Crippen LogP contribution in [-0.2, 0) is 17.6 Å². The van der Waals surface area contributed by atoms with Crippen molar-refractivity contribution in [3.63, 3.8) is 0 Å². The van der Waals surface area contributed by atoms with E-state index in [0.717, 1.165) is 11.3 Å². The van der Waals surface area contributed by atoms with E-state index in [2.05, 4.69) is 25.9 Å². The zero-order valence-corrected chi connectivity index (χ0v) is 20.9. The Bertz CT molecular complexity index is 1490. The molecular formula is C27H27N5O6. The van der Waals surface area contributed by atoms with E-state index in [1.807, 2.05) is 30.3 Å². The maximum atomic E-state index is 13.2. The quantitative estimate of drug-likeness (QED) is 0.248. The zero-order valence-electron chi connectivity index (χ0n) is 20.9. The number of benzene rings is 2. The third-order valence-electron chi connectivity index (χ3n) is 5.92. The van der Waals surface area contributed by atoms with Gasteiger partial charge in [-0.05, 0) is 54.4 Å². The SMILES string of the molecule is COc1ccc(C[C@H](Nc2nc3ccc(NC(=O)O)c(C)c3c(=O)o2)C(=O)NCCc2ccccn2)cc1. The van der Waals surface area contributed by atoms with Gasteiger partial charge < -0.3 is 24.9 Å². The maximum Gasteiger partial charge on any atom is 0.409 e. The van der Waals surface area contributed by atoms with Gasteiger partial charge in [0.2, 0.25) is 5.91 Å². The van der Waals surface area contributed by atoms with Crippen LogP contribution in [0.3, 0.4) is 0 Å². The molecule has 2 amide bonds. The zero-order chi connectivity index (χ0) is 27.1. The number of carboxylic acid groups (broad SMARTS) is 1. The Morgan fingerprint density at radius 3 is 2.58 bits per heavy atom. The van der Waals surface area contributed by atoms with Crippen molar-refractivity contribution < 1.29 is 23.8 Å². The van der Waals surface area contributed by atoms with Crippen LogP contribution in [0.15, 0.2) is 70.0 Å². The number of nitrogens with one attached hydrogen (secondary N) is 3. The Morgan fingerprint density at radius 1 is 1.11 bits per heavy atom. The van der Waals surface area contributed by atoms with Crippen molar-refractivity contribution in [3.05, 3.63) is 88.0 Å². The van der Waals surface area contributed by atoms with Crippen LogP contribution < -0.4 is 26.3 Å². The molecule has 11 heteroatoms. The van der Waals surface area contributed by atoms with Gasteiger partial charge in [-0.25, -0.2) is 9.59 Å². The van der Waals surface area contributed by atoms with E-state index in [-0.39, 0.29) is 29.4 Å². The predicted octanol–water partition coefficient (Wildman–Crippen LogP) is 3.37. The van der Waals surface area contributed by atoms with Gasteiger partial charge in [-0.3, -0.25) is 15.1 Å². The highest BCUT2D eigenvalue weighted by Crippen LogP contribution is 2.23. The standard InChI is InChI=1S/C27H27N5O6/c1-16-20(32-27(35)36)10-11-21-23(16)25(34)38-26(30-21)31-22(15-17-6-8-19(37-2)9-7-17)24(33)29-14-12-18-5-3-4-13-28-18/h3-11,13,22,32H,12,14-15H2,1-2H3,(H,29,33)(H,30,31)(H,35,36)/t22-/m0/s1. The van der Waals surface area contributed by atoms with E-state index in [9.17, 15) is 14.4 Å². The first-order valence-electron chi connectivity index (χ1n) is 11.9. The van der Waals surface area contributed by atoms with Crippen molar-refractivity contribution in [2.24, 2.45) is 0 Å². The number of aromatic nitrogens is 2. The largest absolute Gasteiger partial charge is 0.497 e. The van der Waals surface area contributed by atoms with Crippen molar-refractivity contribution in [2.45, 2.75) is 25.8 Å². The van der Waals surface area contributed by atoms with Crippen LogP contribution in [0.1, 0.15) is 16.8 Å². The number of ether oxygens (including phenoxy) is 1. The lowest BCUT2D eigenvalue weighted by Crippen LogP contribution is -2.42. The molecule has 38 heavy (non-hydrogen) atoms. The van der Waals surface area contributed by atoms with Crippen LogP contribution in [-0.4, -0.2) is 46.8 Å². The van der Waals surface area contributed by atoms with Crippen LogP contribution in [0, 0.1) is 6.92 Å². The summed E-state index contributed by atoms with van der Waals surface area (Å²) < 4.78 is 10.6. The Labute approximate surface area is 217 Å². The van der Waals surface area contributed by atoms with Crippen LogP contribution in [0.4, 0.5) is 16.5 Å². The molecule has 4 N–H and O–H groups in total. The number of methoxy groups -OCH3 is 1. The molecule has 2 heterocycles. The number of anilines is 2. The monoisotopic (exact) mass is 517 g/mol. The van der Waals surface area contributed by atoms with Gasteiger partial charge in [0.15, 0.2) is 0 Å². The molecular weight excluding hydrogens is 490 g/mol. The number of pyridine rings is 1. The highest BCUT2D eigenvalue weighted by molar-refractivity contribution is 5.92. The fraction of sp³-hybridized carbons (Fsp3) is 0.222. The number of amides is 2. The molecule has 4 aromatic rings. The second kappa shape index (κ2) is 11.9. The Hall–Kier alpha value is -4.93. The Kier molecular flexibility index (Phi) is 8.17. The normalized spacial score (nSPS) is 11.5. The van der Waals surface area contributed by atoms with Gasteiger partial charge in [-0.2, -0.15) is 4.98 Å². The van der Waals surface area contributed by atoms with Gasteiger partial charge >= 0.3 is 11.7 Å². The van der Waals surface area contributed by atoms with Gasteiger partial charge in [0.1, 0.15) is 11.8 Å². The van der Waals surface area contributed by atoms with E-state index in [0.29, 0.717) is 29.8 Å². The fourth-order valence-corrected chi connectivity index (χ4v) is 3.97. The molecule has 2 aromatic heterocycles. The van der Waals surface area contributed by atoms with Crippen molar-refractivity contribution in [2.75, 3.05) is 24.3 Å². The summed E-state index contributed by atoms with van der Waals surface area (Å²) in [7, 11) is 1.57. The molecule has 0 radical (unpaired) electrons. The summed E-state index contributed by atoms with van der Waals surface area (Å²) in [6.07, 6.45) is 1.28. The number of rotatable bonds is 10. The van der Waals surface area contributed by atoms with E-state index < -0.39 is 17.8 Å². The molecule has 0 spiro atoms. The van der Waals surface area contributed by atoms with Crippen molar-refractivity contribution >= 4 is 34.6 Å². The third kappa shape index (κ3) is 6.44. The molecule has 0 unspecified atom stereocenters. The molecule has 0 saturated heterocycles. The van der Waals surface area contributed by atoms with E-state index in [4.69, 9.17) is 14.3 Å². The molecule has 0 aliphatic carbocycles. The van der Waals surface area contributed by atoms with E-state index in [1.54, 1.807) is 32.4 Å². The highest BCUT2D eigenvalue weighted by atomic mass is 16.5. The Morgan fingerprint density at radius 2 is 1.89 bits per heavy atom. The first-order chi connectivity index (χ1) is 18.3. The van der Waals surface area contributed by atoms with Gasteiger partial charge in [0, 0.05) is 37.0 Å². The molecule has 196 valence electrons.